The van der Waals surface area contributed by atoms with E-state index < -0.39 is 0 Å². The van der Waals surface area contributed by atoms with E-state index in [1.54, 1.807) is 0 Å². The van der Waals surface area contributed by atoms with Crippen LogP contribution in [0.15, 0.2) is 6.33 Å². The van der Waals surface area contributed by atoms with Crippen molar-refractivity contribution in [3.05, 3.63) is 11.3 Å². The monoisotopic (exact) mass is 256 g/mol. The van der Waals surface area contributed by atoms with E-state index in [0.717, 1.165) is 19.6 Å². The molecule has 17 heavy (non-hydrogen) atoms. The number of hydrogen-bond acceptors (Lipinski definition) is 5. The molecule has 94 valence electrons. The molecule has 1 fully saturated rings. The second-order valence-corrected chi connectivity index (χ2v) is 4.51. The van der Waals surface area contributed by atoms with Crippen LogP contribution >= 0.6 is 11.6 Å². The molecule has 0 atom stereocenters. The third kappa shape index (κ3) is 3.44. The highest BCUT2D eigenvalue weighted by atomic mass is 35.5. The minimum absolute atomic E-state index is 0.259. The topological polar surface area (TPSA) is 64.3 Å². The SMILES string of the molecule is Nc1ncnc(OCCN2CCCCC2)c1Cl. The minimum atomic E-state index is 0.259. The molecule has 6 heteroatoms. The van der Waals surface area contributed by atoms with Crippen LogP contribution in [-0.4, -0.2) is 41.1 Å². The lowest BCUT2D eigenvalue weighted by Crippen LogP contribution is -2.33. The molecule has 2 rings (SSSR count). The Morgan fingerprint density at radius 3 is 2.82 bits per heavy atom. The van der Waals surface area contributed by atoms with Gasteiger partial charge in [0, 0.05) is 6.54 Å². The van der Waals surface area contributed by atoms with Crippen LogP contribution in [0.1, 0.15) is 19.3 Å². The molecule has 2 N–H and O–H groups in total. The summed E-state index contributed by atoms with van der Waals surface area (Å²) in [5.74, 6) is 0.630. The van der Waals surface area contributed by atoms with Crippen molar-refractivity contribution in [3.63, 3.8) is 0 Å². The predicted molar refractivity (Wildman–Crippen MR) is 67.2 cm³/mol. The number of piperidine rings is 1. The highest BCUT2D eigenvalue weighted by Crippen LogP contribution is 2.25. The summed E-state index contributed by atoms with van der Waals surface area (Å²) in [6, 6.07) is 0. The first-order valence-corrected chi connectivity index (χ1v) is 6.26. The van der Waals surface area contributed by atoms with Crippen molar-refractivity contribution < 1.29 is 4.74 Å². The average molecular weight is 257 g/mol. The number of aromatic nitrogens is 2. The fourth-order valence-electron chi connectivity index (χ4n) is 1.92. The fourth-order valence-corrected chi connectivity index (χ4v) is 2.07. The van der Waals surface area contributed by atoms with Crippen molar-refractivity contribution in [1.29, 1.82) is 0 Å². The van der Waals surface area contributed by atoms with Gasteiger partial charge in [0.15, 0.2) is 0 Å². The standard InChI is InChI=1S/C11H17ClN4O/c12-9-10(13)14-8-15-11(9)17-7-6-16-4-2-1-3-5-16/h8H,1-7H2,(H2,13,14,15). The van der Waals surface area contributed by atoms with Gasteiger partial charge in [0.25, 0.3) is 0 Å². The third-order valence-electron chi connectivity index (χ3n) is 2.88. The number of nitrogens with two attached hydrogens (primary N) is 1. The van der Waals surface area contributed by atoms with Gasteiger partial charge in [-0.25, -0.2) is 9.97 Å². The Bertz CT molecular complexity index is 368. The molecule has 0 spiro atoms. The van der Waals surface area contributed by atoms with Crippen LogP contribution in [0.3, 0.4) is 0 Å². The maximum atomic E-state index is 5.93. The largest absolute Gasteiger partial charge is 0.475 e. The summed E-state index contributed by atoms with van der Waals surface area (Å²) in [5, 5.41) is 0.297. The molecule has 0 bridgehead atoms. The maximum Gasteiger partial charge on any atom is 0.237 e. The highest BCUT2D eigenvalue weighted by molar-refractivity contribution is 6.33. The molecule has 1 saturated heterocycles. The van der Waals surface area contributed by atoms with E-state index in [2.05, 4.69) is 14.9 Å². The molecule has 1 aromatic heterocycles. The van der Waals surface area contributed by atoms with Gasteiger partial charge >= 0.3 is 0 Å². The van der Waals surface area contributed by atoms with E-state index in [-0.39, 0.29) is 5.82 Å². The molecule has 0 amide bonds. The van der Waals surface area contributed by atoms with E-state index in [9.17, 15) is 0 Å². The van der Waals surface area contributed by atoms with Crippen LogP contribution < -0.4 is 10.5 Å². The van der Waals surface area contributed by atoms with Crippen LogP contribution in [-0.2, 0) is 0 Å². The zero-order valence-electron chi connectivity index (χ0n) is 9.73. The lowest BCUT2D eigenvalue weighted by molar-refractivity contribution is 0.180. The van der Waals surface area contributed by atoms with Crippen LogP contribution in [0.2, 0.25) is 5.02 Å². The van der Waals surface area contributed by atoms with E-state index in [1.807, 2.05) is 0 Å². The first-order chi connectivity index (χ1) is 8.27. The molecule has 1 aliphatic rings. The van der Waals surface area contributed by atoms with Crippen molar-refractivity contribution in [3.8, 4) is 5.88 Å². The molecular weight excluding hydrogens is 240 g/mol. The quantitative estimate of drug-likeness (QED) is 0.886. The molecule has 0 aliphatic carbocycles. The molecule has 0 unspecified atom stereocenters. The Balaban J connectivity index is 1.79. The van der Waals surface area contributed by atoms with Crippen molar-refractivity contribution >= 4 is 17.4 Å². The number of halogens is 1. The number of likely N-dealkylation sites (tertiary alicyclic amines) is 1. The van der Waals surface area contributed by atoms with E-state index in [4.69, 9.17) is 22.1 Å². The number of hydrogen-bond donors (Lipinski definition) is 1. The van der Waals surface area contributed by atoms with Crippen LogP contribution in [0.25, 0.3) is 0 Å². The molecule has 1 aliphatic heterocycles. The van der Waals surface area contributed by atoms with Gasteiger partial charge < -0.3 is 10.5 Å². The zero-order valence-corrected chi connectivity index (χ0v) is 10.5. The molecule has 1 aromatic rings. The zero-order chi connectivity index (χ0) is 12.1. The average Bonchev–Trinajstić information content (AvgIpc) is 2.36. The second kappa shape index (κ2) is 6.02. The van der Waals surface area contributed by atoms with Gasteiger partial charge in [0.1, 0.15) is 23.8 Å². The van der Waals surface area contributed by atoms with Crippen LogP contribution in [0, 0.1) is 0 Å². The third-order valence-corrected chi connectivity index (χ3v) is 3.23. The summed E-state index contributed by atoms with van der Waals surface area (Å²) in [6.45, 7) is 3.79. The Labute approximate surface area is 106 Å². The van der Waals surface area contributed by atoms with Crippen LogP contribution in [0.4, 0.5) is 5.82 Å². The molecule has 2 heterocycles. The predicted octanol–water partition coefficient (Wildman–Crippen LogP) is 1.58. The van der Waals surface area contributed by atoms with E-state index >= 15 is 0 Å². The van der Waals surface area contributed by atoms with Gasteiger partial charge in [-0.15, -0.1) is 0 Å². The lowest BCUT2D eigenvalue weighted by atomic mass is 10.1. The first-order valence-electron chi connectivity index (χ1n) is 5.88. The van der Waals surface area contributed by atoms with Gasteiger partial charge in [0.2, 0.25) is 5.88 Å². The first kappa shape index (κ1) is 12.4. The highest BCUT2D eigenvalue weighted by Gasteiger charge is 2.11. The molecular formula is C11H17ClN4O. The fraction of sp³-hybridized carbons (Fsp3) is 0.636. The maximum absolute atomic E-state index is 5.93. The van der Waals surface area contributed by atoms with E-state index in [0.29, 0.717) is 17.5 Å². The van der Waals surface area contributed by atoms with E-state index in [1.165, 1.54) is 25.6 Å². The minimum Gasteiger partial charge on any atom is -0.475 e. The van der Waals surface area contributed by atoms with Gasteiger partial charge in [-0.3, -0.25) is 4.90 Å². The van der Waals surface area contributed by atoms with Gasteiger partial charge in [-0.1, -0.05) is 18.0 Å². The number of ether oxygens (including phenoxy) is 1. The normalized spacial score (nSPS) is 17.0. The van der Waals surface area contributed by atoms with Crippen molar-refractivity contribution in [2.24, 2.45) is 0 Å². The number of anilines is 1. The van der Waals surface area contributed by atoms with Crippen LogP contribution in [0.5, 0.6) is 5.88 Å². The summed E-state index contributed by atoms with van der Waals surface area (Å²) < 4.78 is 5.52. The molecule has 0 radical (unpaired) electrons. The smallest absolute Gasteiger partial charge is 0.237 e. The number of nitrogen functional groups attached to an aromatic ring is 1. The lowest BCUT2D eigenvalue weighted by Gasteiger charge is -2.26. The number of rotatable bonds is 4. The van der Waals surface area contributed by atoms with Gasteiger partial charge in [-0.05, 0) is 25.9 Å². The number of nitrogens with zero attached hydrogens (tertiary/aromatic N) is 3. The summed E-state index contributed by atoms with van der Waals surface area (Å²) >= 11 is 5.93. The Morgan fingerprint density at radius 1 is 1.29 bits per heavy atom. The summed E-state index contributed by atoms with van der Waals surface area (Å²) in [4.78, 5) is 10.1. The van der Waals surface area contributed by atoms with Crippen molar-refractivity contribution in [2.45, 2.75) is 19.3 Å². The Hall–Kier alpha value is -1.07. The molecule has 0 saturated carbocycles. The van der Waals surface area contributed by atoms with Crippen molar-refractivity contribution in [1.82, 2.24) is 14.9 Å². The second-order valence-electron chi connectivity index (χ2n) is 4.13. The van der Waals surface area contributed by atoms with Crippen molar-refractivity contribution in [2.75, 3.05) is 32.0 Å². The Morgan fingerprint density at radius 2 is 2.06 bits per heavy atom. The summed E-state index contributed by atoms with van der Waals surface area (Å²) in [7, 11) is 0. The summed E-state index contributed by atoms with van der Waals surface area (Å²) in [5.41, 5.74) is 5.56. The molecule has 0 aromatic carbocycles. The Kier molecular flexibility index (Phi) is 4.39. The van der Waals surface area contributed by atoms with Gasteiger partial charge in [-0.2, -0.15) is 0 Å². The van der Waals surface area contributed by atoms with Gasteiger partial charge in [0.05, 0.1) is 0 Å². The summed E-state index contributed by atoms with van der Waals surface area (Å²) in [6.07, 6.45) is 5.26. The molecule has 5 nitrogen and oxygen atoms in total.